The van der Waals surface area contributed by atoms with Crippen molar-refractivity contribution in [3.8, 4) is 17.6 Å². The first-order valence-electron chi connectivity index (χ1n) is 8.63. The van der Waals surface area contributed by atoms with Gasteiger partial charge in [-0.25, -0.2) is 0 Å². The summed E-state index contributed by atoms with van der Waals surface area (Å²) in [7, 11) is 1.64. The number of allylic oxidation sites excluding steroid dienone is 1. The molecule has 0 saturated carbocycles. The number of rotatable bonds is 2. The van der Waals surface area contributed by atoms with Crippen LogP contribution in [0.2, 0.25) is 0 Å². The molecule has 3 aromatic carbocycles. The molecule has 130 valence electrons. The zero-order valence-corrected chi connectivity index (χ0v) is 14.8. The molecule has 3 heteroatoms. The molecule has 0 fully saturated rings. The second-order valence-electron chi connectivity index (χ2n) is 6.09. The summed E-state index contributed by atoms with van der Waals surface area (Å²) >= 11 is 0. The van der Waals surface area contributed by atoms with Gasteiger partial charge >= 0.3 is 0 Å². The van der Waals surface area contributed by atoms with E-state index >= 15 is 0 Å². The van der Waals surface area contributed by atoms with E-state index in [9.17, 15) is 4.79 Å². The van der Waals surface area contributed by atoms with Crippen LogP contribution in [0.15, 0.2) is 78.9 Å². The van der Waals surface area contributed by atoms with E-state index in [4.69, 9.17) is 4.74 Å². The Morgan fingerprint density at radius 3 is 2.22 bits per heavy atom. The van der Waals surface area contributed by atoms with Gasteiger partial charge in [0.2, 0.25) is 0 Å². The van der Waals surface area contributed by atoms with Crippen LogP contribution in [0.25, 0.3) is 11.3 Å². The average molecular weight is 351 g/mol. The van der Waals surface area contributed by atoms with Crippen LogP contribution >= 0.6 is 0 Å². The van der Waals surface area contributed by atoms with Crippen LogP contribution in [0.1, 0.15) is 27.0 Å². The minimum atomic E-state index is -0.0970. The van der Waals surface area contributed by atoms with Crippen molar-refractivity contribution in [2.45, 2.75) is 0 Å². The predicted octanol–water partition coefficient (Wildman–Crippen LogP) is 4.36. The van der Waals surface area contributed by atoms with Gasteiger partial charge < -0.3 is 10.1 Å². The highest BCUT2D eigenvalue weighted by Crippen LogP contribution is 2.31. The van der Waals surface area contributed by atoms with Crippen LogP contribution in [0, 0.1) is 11.8 Å². The van der Waals surface area contributed by atoms with Gasteiger partial charge in [0.1, 0.15) is 5.75 Å². The second kappa shape index (κ2) is 7.23. The van der Waals surface area contributed by atoms with Gasteiger partial charge in [-0.3, -0.25) is 4.79 Å². The van der Waals surface area contributed by atoms with E-state index in [0.29, 0.717) is 5.56 Å². The molecule has 0 atom stereocenters. The Hall–Kier alpha value is -3.77. The van der Waals surface area contributed by atoms with E-state index < -0.39 is 0 Å². The fourth-order valence-corrected chi connectivity index (χ4v) is 3.04. The van der Waals surface area contributed by atoms with Gasteiger partial charge in [0, 0.05) is 16.7 Å². The molecule has 3 nitrogen and oxygen atoms in total. The molecule has 1 aliphatic heterocycles. The maximum Gasteiger partial charge on any atom is 0.256 e. The van der Waals surface area contributed by atoms with Gasteiger partial charge in [-0.15, -0.1) is 0 Å². The number of ether oxygens (including phenoxy) is 1. The second-order valence-corrected chi connectivity index (χ2v) is 6.09. The van der Waals surface area contributed by atoms with Crippen LogP contribution < -0.4 is 10.1 Å². The molecule has 0 saturated heterocycles. The van der Waals surface area contributed by atoms with Crippen LogP contribution in [0.3, 0.4) is 0 Å². The highest BCUT2D eigenvalue weighted by molar-refractivity contribution is 6.15. The zero-order chi connectivity index (χ0) is 18.6. The van der Waals surface area contributed by atoms with Crippen molar-refractivity contribution in [2.75, 3.05) is 7.11 Å². The predicted molar refractivity (Wildman–Crippen MR) is 107 cm³/mol. The molecular formula is C24H17NO2. The number of hydrogen-bond donors (Lipinski definition) is 1. The average Bonchev–Trinajstić information content (AvgIpc) is 3.06. The summed E-state index contributed by atoms with van der Waals surface area (Å²) in [5, 5.41) is 2.99. The molecule has 0 aliphatic carbocycles. The van der Waals surface area contributed by atoms with E-state index in [-0.39, 0.29) is 5.91 Å². The molecule has 1 amide bonds. The Labute approximate surface area is 158 Å². The van der Waals surface area contributed by atoms with Gasteiger partial charge in [-0.05, 0) is 35.9 Å². The Kier molecular flexibility index (Phi) is 4.47. The molecule has 0 unspecified atom stereocenters. The first-order valence-corrected chi connectivity index (χ1v) is 8.63. The van der Waals surface area contributed by atoms with Gasteiger partial charge in [-0.2, -0.15) is 0 Å². The van der Waals surface area contributed by atoms with Gasteiger partial charge in [-0.1, -0.05) is 60.4 Å². The summed E-state index contributed by atoms with van der Waals surface area (Å²) < 4.78 is 5.19. The highest BCUT2D eigenvalue weighted by Gasteiger charge is 2.25. The molecule has 1 N–H and O–H groups in total. The molecular weight excluding hydrogens is 334 g/mol. The van der Waals surface area contributed by atoms with E-state index in [0.717, 1.165) is 33.7 Å². The molecule has 0 spiro atoms. The first-order chi connectivity index (χ1) is 13.3. The fraction of sp³-hybridized carbons (Fsp3) is 0.0417. The molecule has 0 bridgehead atoms. The first kappa shape index (κ1) is 16.7. The van der Waals surface area contributed by atoms with Crippen molar-refractivity contribution in [3.63, 3.8) is 0 Å². The lowest BCUT2D eigenvalue weighted by Gasteiger charge is -2.07. The quantitative estimate of drug-likeness (QED) is 0.697. The number of carbonyl (C=O) groups excluding carboxylic acids is 1. The highest BCUT2D eigenvalue weighted by atomic mass is 16.5. The Balaban J connectivity index is 1.85. The summed E-state index contributed by atoms with van der Waals surface area (Å²) in [6.45, 7) is 0. The molecule has 1 aliphatic rings. The molecule has 0 radical (unpaired) electrons. The molecule has 4 rings (SSSR count). The SMILES string of the molecule is COc1ccc(C#C/C(=C2\NC(=O)c3ccccc32)c2ccccc2)cc1. The summed E-state index contributed by atoms with van der Waals surface area (Å²) in [5.74, 6) is 7.16. The van der Waals surface area contributed by atoms with Crippen molar-refractivity contribution in [2.24, 2.45) is 0 Å². The van der Waals surface area contributed by atoms with Gasteiger partial charge in [0.25, 0.3) is 5.91 Å². The number of methoxy groups -OCH3 is 1. The summed E-state index contributed by atoms with van der Waals surface area (Å²) in [6.07, 6.45) is 0. The summed E-state index contributed by atoms with van der Waals surface area (Å²) in [5.41, 5.74) is 4.94. The van der Waals surface area contributed by atoms with E-state index in [1.165, 1.54) is 0 Å². The number of hydrogen-bond acceptors (Lipinski definition) is 2. The smallest absolute Gasteiger partial charge is 0.256 e. The van der Waals surface area contributed by atoms with E-state index in [2.05, 4.69) is 17.2 Å². The fourth-order valence-electron chi connectivity index (χ4n) is 3.04. The molecule has 0 aromatic heterocycles. The molecule has 1 heterocycles. The van der Waals surface area contributed by atoms with Crippen LogP contribution in [-0.2, 0) is 0 Å². The lowest BCUT2D eigenvalue weighted by Crippen LogP contribution is -2.13. The number of fused-ring (bicyclic) bond motifs is 1. The Morgan fingerprint density at radius 1 is 0.852 bits per heavy atom. The number of amides is 1. The monoisotopic (exact) mass is 351 g/mol. The maximum absolute atomic E-state index is 12.3. The van der Waals surface area contributed by atoms with Crippen molar-refractivity contribution in [3.05, 3.63) is 101 Å². The van der Waals surface area contributed by atoms with Gasteiger partial charge in [0.05, 0.1) is 18.4 Å². The standard InChI is InChI=1S/C24H17NO2/c1-27-19-14-11-17(12-15-19)13-16-20(18-7-3-2-4-8-18)23-21-9-5-6-10-22(21)24(26)25-23/h2-12,14-15H,1H3,(H,25,26)/b23-20+. The summed E-state index contributed by atoms with van der Waals surface area (Å²) in [4.78, 5) is 12.3. The van der Waals surface area contributed by atoms with Crippen molar-refractivity contribution < 1.29 is 9.53 Å². The number of nitrogens with one attached hydrogen (secondary N) is 1. The van der Waals surface area contributed by atoms with Crippen molar-refractivity contribution >= 4 is 17.2 Å². The topological polar surface area (TPSA) is 38.3 Å². The van der Waals surface area contributed by atoms with Crippen LogP contribution in [0.4, 0.5) is 0 Å². The van der Waals surface area contributed by atoms with Crippen LogP contribution in [0.5, 0.6) is 5.75 Å². The van der Waals surface area contributed by atoms with Crippen molar-refractivity contribution in [1.82, 2.24) is 5.32 Å². The number of carbonyl (C=O) groups is 1. The normalized spacial score (nSPS) is 13.9. The lowest BCUT2D eigenvalue weighted by molar-refractivity contribution is 0.0981. The molecule has 27 heavy (non-hydrogen) atoms. The Bertz CT molecular complexity index is 1080. The third kappa shape index (κ3) is 3.33. The van der Waals surface area contributed by atoms with Crippen LogP contribution in [-0.4, -0.2) is 13.0 Å². The van der Waals surface area contributed by atoms with E-state index in [1.54, 1.807) is 7.11 Å². The minimum absolute atomic E-state index is 0.0970. The summed E-state index contributed by atoms with van der Waals surface area (Å²) in [6, 6.07) is 25.1. The number of benzene rings is 3. The third-order valence-electron chi connectivity index (χ3n) is 4.41. The maximum atomic E-state index is 12.3. The van der Waals surface area contributed by atoms with Gasteiger partial charge in [0.15, 0.2) is 0 Å². The largest absolute Gasteiger partial charge is 0.497 e. The van der Waals surface area contributed by atoms with E-state index in [1.807, 2.05) is 78.9 Å². The zero-order valence-electron chi connectivity index (χ0n) is 14.8. The Morgan fingerprint density at radius 2 is 1.52 bits per heavy atom. The molecule has 3 aromatic rings. The third-order valence-corrected chi connectivity index (χ3v) is 4.41. The van der Waals surface area contributed by atoms with Crippen molar-refractivity contribution in [1.29, 1.82) is 0 Å². The minimum Gasteiger partial charge on any atom is -0.497 e. The lowest BCUT2D eigenvalue weighted by atomic mass is 9.99.